The molecule has 0 aromatic rings. The van der Waals surface area contributed by atoms with Crippen LogP contribution < -0.4 is 0 Å². The number of aliphatic hydroxyl groups excluding tert-OH is 1. The van der Waals surface area contributed by atoms with E-state index in [1.807, 2.05) is 13.8 Å². The van der Waals surface area contributed by atoms with Crippen LogP contribution in [0, 0.1) is 11.8 Å². The average Bonchev–Trinajstić information content (AvgIpc) is 2.12. The van der Waals surface area contributed by atoms with E-state index in [1.54, 1.807) is 0 Å². The van der Waals surface area contributed by atoms with Crippen LogP contribution in [0.3, 0.4) is 0 Å². The van der Waals surface area contributed by atoms with E-state index in [2.05, 4.69) is 13.8 Å². The topological polar surface area (TPSA) is 20.2 Å². The molecule has 0 aromatic carbocycles. The van der Waals surface area contributed by atoms with Crippen molar-refractivity contribution in [1.29, 1.82) is 0 Å². The van der Waals surface area contributed by atoms with Gasteiger partial charge in [-0.1, -0.05) is 27.7 Å². The number of hydrogen-bond donors (Lipinski definition) is 1. The lowest BCUT2D eigenvalue weighted by atomic mass is 9.82. The Morgan fingerprint density at radius 1 is 1.08 bits per heavy atom. The van der Waals surface area contributed by atoms with Crippen LogP contribution in [-0.2, 0) is 0 Å². The van der Waals surface area contributed by atoms with E-state index >= 15 is 0 Å². The van der Waals surface area contributed by atoms with Gasteiger partial charge in [0.1, 0.15) is 0 Å². The van der Waals surface area contributed by atoms with Crippen molar-refractivity contribution in [3.8, 4) is 0 Å². The summed E-state index contributed by atoms with van der Waals surface area (Å²) in [6.07, 6.45) is 5.94. The fourth-order valence-electron chi connectivity index (χ4n) is 2.05. The standard InChI is InChI=1S/C10H20O.C2H6/c1-8(2)7-9-3-5-10(11)6-4-9;1-2/h8-11H,3-7H2,1-2H3;1-2H3. The first kappa shape index (κ1) is 13.0. The predicted molar refractivity (Wildman–Crippen MR) is 58.8 cm³/mol. The van der Waals surface area contributed by atoms with E-state index < -0.39 is 0 Å². The fraction of sp³-hybridized carbons (Fsp3) is 1.00. The highest BCUT2D eigenvalue weighted by molar-refractivity contribution is 4.72. The van der Waals surface area contributed by atoms with Crippen molar-refractivity contribution in [2.75, 3.05) is 0 Å². The molecular weight excluding hydrogens is 160 g/mol. The minimum absolute atomic E-state index is 0.0124. The Labute approximate surface area is 83.5 Å². The third-order valence-electron chi connectivity index (χ3n) is 2.62. The van der Waals surface area contributed by atoms with Crippen molar-refractivity contribution in [3.05, 3.63) is 0 Å². The molecular formula is C12H26O. The van der Waals surface area contributed by atoms with Crippen LogP contribution in [0.15, 0.2) is 0 Å². The molecule has 0 aliphatic heterocycles. The van der Waals surface area contributed by atoms with Crippen molar-refractivity contribution in [1.82, 2.24) is 0 Å². The summed E-state index contributed by atoms with van der Waals surface area (Å²) in [5.41, 5.74) is 0. The van der Waals surface area contributed by atoms with E-state index in [9.17, 15) is 5.11 Å². The molecule has 80 valence electrons. The van der Waals surface area contributed by atoms with Gasteiger partial charge in [0, 0.05) is 0 Å². The Morgan fingerprint density at radius 3 is 1.92 bits per heavy atom. The molecule has 0 atom stereocenters. The second-order valence-electron chi connectivity index (χ2n) is 4.30. The third kappa shape index (κ3) is 6.09. The smallest absolute Gasteiger partial charge is 0.0540 e. The van der Waals surface area contributed by atoms with Gasteiger partial charge in [-0.2, -0.15) is 0 Å². The van der Waals surface area contributed by atoms with Gasteiger partial charge in [-0.3, -0.25) is 0 Å². The van der Waals surface area contributed by atoms with Crippen molar-refractivity contribution < 1.29 is 5.11 Å². The Morgan fingerprint density at radius 2 is 1.54 bits per heavy atom. The average molecular weight is 186 g/mol. The summed E-state index contributed by atoms with van der Waals surface area (Å²) in [6, 6.07) is 0. The van der Waals surface area contributed by atoms with E-state index in [1.165, 1.54) is 19.3 Å². The lowest BCUT2D eigenvalue weighted by Gasteiger charge is -2.26. The van der Waals surface area contributed by atoms with Gasteiger partial charge in [-0.05, 0) is 43.9 Å². The Hall–Kier alpha value is -0.0400. The van der Waals surface area contributed by atoms with E-state index in [4.69, 9.17) is 0 Å². The first-order valence-corrected chi connectivity index (χ1v) is 5.86. The Bertz CT molecular complexity index is 102. The molecule has 1 nitrogen and oxygen atoms in total. The summed E-state index contributed by atoms with van der Waals surface area (Å²) in [7, 11) is 0. The van der Waals surface area contributed by atoms with Crippen molar-refractivity contribution in [2.45, 2.75) is 65.9 Å². The molecule has 13 heavy (non-hydrogen) atoms. The molecule has 0 saturated heterocycles. The van der Waals surface area contributed by atoms with Gasteiger partial charge in [0.05, 0.1) is 6.10 Å². The molecule has 0 spiro atoms. The molecule has 0 unspecified atom stereocenters. The maximum atomic E-state index is 9.26. The summed E-state index contributed by atoms with van der Waals surface area (Å²) in [4.78, 5) is 0. The van der Waals surface area contributed by atoms with Gasteiger partial charge in [-0.15, -0.1) is 0 Å². The van der Waals surface area contributed by atoms with Crippen molar-refractivity contribution in [2.24, 2.45) is 11.8 Å². The molecule has 0 radical (unpaired) electrons. The summed E-state index contributed by atoms with van der Waals surface area (Å²) in [6.45, 7) is 8.57. The zero-order valence-electron chi connectivity index (χ0n) is 9.71. The molecule has 1 heteroatoms. The molecule has 0 aromatic heterocycles. The normalized spacial score (nSPS) is 28.2. The van der Waals surface area contributed by atoms with E-state index in [0.717, 1.165) is 24.7 Å². The lowest BCUT2D eigenvalue weighted by Crippen LogP contribution is -2.19. The fourth-order valence-corrected chi connectivity index (χ4v) is 2.05. The quantitative estimate of drug-likeness (QED) is 0.698. The lowest BCUT2D eigenvalue weighted by molar-refractivity contribution is 0.103. The summed E-state index contributed by atoms with van der Waals surface area (Å²) in [5.74, 6) is 1.73. The SMILES string of the molecule is CC.CC(C)CC1CCC(O)CC1. The van der Waals surface area contributed by atoms with Gasteiger partial charge < -0.3 is 5.11 Å². The second kappa shape index (κ2) is 7.37. The largest absolute Gasteiger partial charge is 0.393 e. The predicted octanol–water partition coefficient (Wildman–Crippen LogP) is 3.61. The molecule has 1 N–H and O–H groups in total. The van der Waals surface area contributed by atoms with Crippen LogP contribution >= 0.6 is 0 Å². The third-order valence-corrected chi connectivity index (χ3v) is 2.62. The first-order valence-electron chi connectivity index (χ1n) is 5.86. The van der Waals surface area contributed by atoms with Crippen LogP contribution in [0.4, 0.5) is 0 Å². The molecule has 1 fully saturated rings. The van der Waals surface area contributed by atoms with E-state index in [-0.39, 0.29) is 6.10 Å². The Kier molecular flexibility index (Phi) is 7.35. The maximum Gasteiger partial charge on any atom is 0.0540 e. The molecule has 0 bridgehead atoms. The molecule has 0 heterocycles. The van der Waals surface area contributed by atoms with Gasteiger partial charge in [0.25, 0.3) is 0 Å². The number of rotatable bonds is 2. The van der Waals surface area contributed by atoms with E-state index in [0.29, 0.717) is 0 Å². The minimum atomic E-state index is 0.0124. The van der Waals surface area contributed by atoms with Crippen molar-refractivity contribution in [3.63, 3.8) is 0 Å². The monoisotopic (exact) mass is 186 g/mol. The maximum absolute atomic E-state index is 9.26. The molecule has 1 aliphatic rings. The van der Waals surface area contributed by atoms with Gasteiger partial charge in [0.2, 0.25) is 0 Å². The second-order valence-corrected chi connectivity index (χ2v) is 4.30. The van der Waals surface area contributed by atoms with Gasteiger partial charge in [0.15, 0.2) is 0 Å². The zero-order chi connectivity index (χ0) is 10.3. The molecule has 0 amide bonds. The van der Waals surface area contributed by atoms with Crippen LogP contribution in [0.5, 0.6) is 0 Å². The number of aliphatic hydroxyl groups is 1. The summed E-state index contributed by atoms with van der Waals surface area (Å²) < 4.78 is 0. The highest BCUT2D eigenvalue weighted by Gasteiger charge is 2.19. The number of hydrogen-bond acceptors (Lipinski definition) is 1. The molecule has 1 saturated carbocycles. The zero-order valence-corrected chi connectivity index (χ0v) is 9.71. The molecule has 1 aliphatic carbocycles. The summed E-state index contributed by atoms with van der Waals surface area (Å²) in [5, 5.41) is 9.26. The molecule has 1 rings (SSSR count). The highest BCUT2D eigenvalue weighted by atomic mass is 16.3. The van der Waals surface area contributed by atoms with Gasteiger partial charge in [-0.25, -0.2) is 0 Å². The minimum Gasteiger partial charge on any atom is -0.393 e. The van der Waals surface area contributed by atoms with Crippen LogP contribution in [0.2, 0.25) is 0 Å². The van der Waals surface area contributed by atoms with Crippen LogP contribution in [-0.4, -0.2) is 11.2 Å². The van der Waals surface area contributed by atoms with Gasteiger partial charge >= 0.3 is 0 Å². The Balaban J connectivity index is 0.000000671. The van der Waals surface area contributed by atoms with Crippen LogP contribution in [0.1, 0.15) is 59.8 Å². The highest BCUT2D eigenvalue weighted by Crippen LogP contribution is 2.28. The first-order chi connectivity index (χ1) is 6.18. The van der Waals surface area contributed by atoms with Crippen molar-refractivity contribution >= 4 is 0 Å². The summed E-state index contributed by atoms with van der Waals surface area (Å²) >= 11 is 0. The van der Waals surface area contributed by atoms with Crippen LogP contribution in [0.25, 0.3) is 0 Å².